The second kappa shape index (κ2) is 8.43. The number of rotatable bonds is 8. The molecule has 3 aromatic rings. The van der Waals surface area contributed by atoms with Gasteiger partial charge in [-0.25, -0.2) is 4.68 Å². The number of aromatic nitrogens is 2. The fourth-order valence-electron chi connectivity index (χ4n) is 2.61. The van der Waals surface area contributed by atoms with Crippen molar-refractivity contribution in [1.29, 1.82) is 0 Å². The molecule has 4 heteroatoms. The van der Waals surface area contributed by atoms with E-state index in [-0.39, 0.29) is 0 Å². The Morgan fingerprint density at radius 2 is 1.75 bits per heavy atom. The molecule has 0 fully saturated rings. The number of benzene rings is 2. The van der Waals surface area contributed by atoms with Crippen molar-refractivity contribution in [3.8, 4) is 5.69 Å². The van der Waals surface area contributed by atoms with Crippen molar-refractivity contribution in [2.24, 2.45) is 0 Å². The number of nitrogens with zero attached hydrogens (tertiary/aromatic N) is 2. The van der Waals surface area contributed by atoms with Crippen molar-refractivity contribution in [2.45, 2.75) is 26.6 Å². The first-order valence-electron chi connectivity index (χ1n) is 8.31. The summed E-state index contributed by atoms with van der Waals surface area (Å²) in [6.45, 7) is 5.11. The molecule has 0 unspecified atom stereocenters. The molecule has 0 bridgehead atoms. The zero-order valence-corrected chi connectivity index (χ0v) is 14.0. The molecule has 0 atom stereocenters. The SMILES string of the molecule is CCOCc1ccccc1CNCc1ccc(-n2cccn2)cc1. The number of hydrogen-bond donors (Lipinski definition) is 1. The molecule has 1 N–H and O–H groups in total. The average molecular weight is 321 g/mol. The lowest BCUT2D eigenvalue weighted by atomic mass is 10.1. The van der Waals surface area contributed by atoms with E-state index < -0.39 is 0 Å². The van der Waals surface area contributed by atoms with Gasteiger partial charge in [0.1, 0.15) is 0 Å². The molecule has 2 aromatic carbocycles. The highest BCUT2D eigenvalue weighted by atomic mass is 16.5. The smallest absolute Gasteiger partial charge is 0.0719 e. The Morgan fingerprint density at radius 1 is 0.958 bits per heavy atom. The highest BCUT2D eigenvalue weighted by molar-refractivity contribution is 5.34. The van der Waals surface area contributed by atoms with Gasteiger partial charge in [-0.2, -0.15) is 5.10 Å². The zero-order valence-electron chi connectivity index (χ0n) is 14.0. The summed E-state index contributed by atoms with van der Waals surface area (Å²) in [5.41, 5.74) is 4.87. The fraction of sp³-hybridized carbons (Fsp3) is 0.250. The zero-order chi connectivity index (χ0) is 16.6. The molecule has 0 saturated heterocycles. The molecular weight excluding hydrogens is 298 g/mol. The predicted octanol–water partition coefficient (Wildman–Crippen LogP) is 3.70. The fourth-order valence-corrected chi connectivity index (χ4v) is 2.61. The molecule has 1 aromatic heterocycles. The van der Waals surface area contributed by atoms with Gasteiger partial charge in [0.05, 0.1) is 12.3 Å². The Hall–Kier alpha value is -2.43. The summed E-state index contributed by atoms with van der Waals surface area (Å²) >= 11 is 0. The van der Waals surface area contributed by atoms with E-state index >= 15 is 0 Å². The van der Waals surface area contributed by atoms with Crippen LogP contribution in [-0.4, -0.2) is 16.4 Å². The van der Waals surface area contributed by atoms with Crippen molar-refractivity contribution >= 4 is 0 Å². The minimum Gasteiger partial charge on any atom is -0.377 e. The molecule has 1 heterocycles. The summed E-state index contributed by atoms with van der Waals surface area (Å²) in [5.74, 6) is 0. The maximum Gasteiger partial charge on any atom is 0.0719 e. The van der Waals surface area contributed by atoms with Crippen LogP contribution in [0, 0.1) is 0 Å². The monoisotopic (exact) mass is 321 g/mol. The first-order chi connectivity index (χ1) is 11.9. The van der Waals surface area contributed by atoms with E-state index in [0.717, 1.165) is 25.4 Å². The summed E-state index contributed by atoms with van der Waals surface area (Å²) < 4.78 is 7.40. The van der Waals surface area contributed by atoms with Crippen molar-refractivity contribution < 1.29 is 4.74 Å². The lowest BCUT2D eigenvalue weighted by molar-refractivity contribution is 0.133. The van der Waals surface area contributed by atoms with Gasteiger partial charge in [0, 0.05) is 32.1 Å². The molecule has 0 aliphatic carbocycles. The minimum atomic E-state index is 0.674. The second-order valence-electron chi connectivity index (χ2n) is 5.63. The lowest BCUT2D eigenvalue weighted by Gasteiger charge is -2.11. The van der Waals surface area contributed by atoms with Crippen molar-refractivity contribution in [2.75, 3.05) is 6.61 Å². The molecule has 4 nitrogen and oxygen atoms in total. The molecule has 0 saturated carbocycles. The topological polar surface area (TPSA) is 39.1 Å². The van der Waals surface area contributed by atoms with Crippen LogP contribution in [0.3, 0.4) is 0 Å². The predicted molar refractivity (Wildman–Crippen MR) is 95.9 cm³/mol. The molecule has 0 spiro atoms. The summed E-state index contributed by atoms with van der Waals surface area (Å²) in [5, 5.41) is 7.75. The average Bonchev–Trinajstić information content (AvgIpc) is 3.16. The van der Waals surface area contributed by atoms with Crippen LogP contribution in [0.2, 0.25) is 0 Å². The van der Waals surface area contributed by atoms with Crippen LogP contribution < -0.4 is 5.32 Å². The van der Waals surface area contributed by atoms with E-state index in [1.807, 2.05) is 23.9 Å². The first-order valence-corrected chi connectivity index (χ1v) is 8.31. The van der Waals surface area contributed by atoms with Crippen molar-refractivity contribution in [3.05, 3.63) is 83.7 Å². The van der Waals surface area contributed by atoms with Gasteiger partial charge in [-0.3, -0.25) is 0 Å². The number of hydrogen-bond acceptors (Lipinski definition) is 3. The van der Waals surface area contributed by atoms with E-state index in [1.54, 1.807) is 6.20 Å². The highest BCUT2D eigenvalue weighted by Gasteiger charge is 2.02. The lowest BCUT2D eigenvalue weighted by Crippen LogP contribution is -2.14. The van der Waals surface area contributed by atoms with Crippen LogP contribution in [0.1, 0.15) is 23.6 Å². The third-order valence-electron chi connectivity index (χ3n) is 3.93. The molecule has 0 radical (unpaired) electrons. The van der Waals surface area contributed by atoms with Gasteiger partial charge >= 0.3 is 0 Å². The van der Waals surface area contributed by atoms with Gasteiger partial charge in [0.25, 0.3) is 0 Å². The standard InChI is InChI=1S/C20H23N3O/c1-2-24-16-19-7-4-3-6-18(19)15-21-14-17-8-10-20(11-9-17)23-13-5-12-22-23/h3-13,21H,2,14-16H2,1H3. The maximum atomic E-state index is 5.54. The summed E-state index contributed by atoms with van der Waals surface area (Å²) in [4.78, 5) is 0. The summed E-state index contributed by atoms with van der Waals surface area (Å²) in [7, 11) is 0. The molecule has 24 heavy (non-hydrogen) atoms. The van der Waals surface area contributed by atoms with Gasteiger partial charge < -0.3 is 10.1 Å². The van der Waals surface area contributed by atoms with Gasteiger partial charge in [0.15, 0.2) is 0 Å². The van der Waals surface area contributed by atoms with Crippen molar-refractivity contribution in [3.63, 3.8) is 0 Å². The van der Waals surface area contributed by atoms with E-state index in [9.17, 15) is 0 Å². The third kappa shape index (κ3) is 4.31. The van der Waals surface area contributed by atoms with E-state index in [2.05, 4.69) is 58.9 Å². The normalized spacial score (nSPS) is 10.9. The molecule has 0 amide bonds. The maximum absolute atomic E-state index is 5.54. The molecular formula is C20H23N3O. The van der Waals surface area contributed by atoms with Crippen LogP contribution >= 0.6 is 0 Å². The Labute approximate surface area is 143 Å². The Kier molecular flexibility index (Phi) is 5.77. The molecule has 0 aliphatic rings. The number of nitrogens with one attached hydrogen (secondary N) is 1. The van der Waals surface area contributed by atoms with Crippen LogP contribution in [0.5, 0.6) is 0 Å². The molecule has 0 aliphatic heterocycles. The Morgan fingerprint density at radius 3 is 2.46 bits per heavy atom. The summed E-state index contributed by atoms with van der Waals surface area (Å²) in [6, 6.07) is 18.8. The van der Waals surface area contributed by atoms with E-state index in [0.29, 0.717) is 6.61 Å². The minimum absolute atomic E-state index is 0.674. The molecule has 3 rings (SSSR count). The first kappa shape index (κ1) is 16.4. The van der Waals surface area contributed by atoms with Crippen LogP contribution in [0.15, 0.2) is 67.0 Å². The van der Waals surface area contributed by atoms with Crippen LogP contribution in [-0.2, 0) is 24.4 Å². The van der Waals surface area contributed by atoms with Gasteiger partial charge in [-0.1, -0.05) is 36.4 Å². The Bertz CT molecular complexity index is 736. The molecule has 124 valence electrons. The number of ether oxygens (including phenoxy) is 1. The highest BCUT2D eigenvalue weighted by Crippen LogP contribution is 2.11. The van der Waals surface area contributed by atoms with Gasteiger partial charge in [-0.05, 0) is 41.8 Å². The van der Waals surface area contributed by atoms with Gasteiger partial charge in [0.2, 0.25) is 0 Å². The van der Waals surface area contributed by atoms with Crippen molar-refractivity contribution in [1.82, 2.24) is 15.1 Å². The largest absolute Gasteiger partial charge is 0.377 e. The second-order valence-corrected chi connectivity index (χ2v) is 5.63. The quantitative estimate of drug-likeness (QED) is 0.687. The van der Waals surface area contributed by atoms with E-state index in [1.165, 1.54) is 16.7 Å². The Balaban J connectivity index is 1.55. The third-order valence-corrected chi connectivity index (χ3v) is 3.93. The summed E-state index contributed by atoms with van der Waals surface area (Å²) in [6.07, 6.45) is 3.73. The van der Waals surface area contributed by atoms with Gasteiger partial charge in [-0.15, -0.1) is 0 Å². The van der Waals surface area contributed by atoms with Crippen LogP contribution in [0.4, 0.5) is 0 Å². The van der Waals surface area contributed by atoms with E-state index in [4.69, 9.17) is 4.74 Å². The van der Waals surface area contributed by atoms with Crippen LogP contribution in [0.25, 0.3) is 5.69 Å².